The number of benzene rings is 1. The Kier molecular flexibility index (Phi) is 16.4. The van der Waals surface area contributed by atoms with Gasteiger partial charge in [-0.25, -0.2) is 0 Å². The fourth-order valence-corrected chi connectivity index (χ4v) is 3.82. The number of esters is 1. The minimum atomic E-state index is -0.192. The third kappa shape index (κ3) is 14.6. The highest BCUT2D eigenvalue weighted by Gasteiger charge is 2.10. The maximum absolute atomic E-state index is 12.0. The highest BCUT2D eigenvalue weighted by Crippen LogP contribution is 2.26. The van der Waals surface area contributed by atoms with Crippen molar-refractivity contribution < 1.29 is 24.2 Å². The summed E-state index contributed by atoms with van der Waals surface area (Å²) in [6.45, 7) is 4.11. The Labute approximate surface area is 206 Å². The molecule has 0 saturated carbocycles. The Bertz CT molecular complexity index is 732. The minimum absolute atomic E-state index is 0.00724. The summed E-state index contributed by atoms with van der Waals surface area (Å²) in [6, 6.07) is 5.08. The van der Waals surface area contributed by atoms with Gasteiger partial charge in [0.25, 0.3) is 0 Å². The number of ether oxygens (including phenoxy) is 2. The monoisotopic (exact) mass is 475 g/mol. The van der Waals surface area contributed by atoms with Gasteiger partial charge in [-0.1, -0.05) is 63.7 Å². The number of allylic oxidation sites excluding steroid dienone is 1. The predicted molar refractivity (Wildman–Crippen MR) is 137 cm³/mol. The first-order valence-corrected chi connectivity index (χ1v) is 12.9. The Balaban J connectivity index is 2.07. The van der Waals surface area contributed by atoms with Gasteiger partial charge in [0.05, 0.1) is 7.11 Å². The number of carbonyl (C=O) groups excluding carboxylic acids is 2. The molecule has 0 aliphatic heterocycles. The van der Waals surface area contributed by atoms with E-state index in [4.69, 9.17) is 9.47 Å². The molecular formula is C28H45NO5. The van der Waals surface area contributed by atoms with Crippen molar-refractivity contribution in [2.75, 3.05) is 7.11 Å². The van der Waals surface area contributed by atoms with E-state index in [0.717, 1.165) is 63.4 Å². The van der Waals surface area contributed by atoms with Crippen LogP contribution in [0, 0.1) is 0 Å². The zero-order valence-electron chi connectivity index (χ0n) is 21.4. The number of rotatable bonds is 19. The van der Waals surface area contributed by atoms with Crippen LogP contribution in [0.4, 0.5) is 0 Å². The van der Waals surface area contributed by atoms with Crippen LogP contribution < -0.4 is 10.1 Å². The number of hydrogen-bond donors (Lipinski definition) is 2. The molecule has 6 heteroatoms. The van der Waals surface area contributed by atoms with E-state index in [1.54, 1.807) is 18.2 Å². The smallest absolute Gasteiger partial charge is 0.302 e. The van der Waals surface area contributed by atoms with Gasteiger partial charge in [-0.05, 0) is 49.8 Å². The number of amides is 1. The molecule has 1 atom stereocenters. The maximum atomic E-state index is 12.0. The van der Waals surface area contributed by atoms with Gasteiger partial charge in [0, 0.05) is 26.3 Å². The number of nitrogens with one attached hydrogen (secondary N) is 1. The van der Waals surface area contributed by atoms with Crippen molar-refractivity contribution in [3.63, 3.8) is 0 Å². The molecule has 6 nitrogen and oxygen atoms in total. The molecular weight excluding hydrogens is 430 g/mol. The zero-order chi connectivity index (χ0) is 25.0. The molecule has 0 saturated heterocycles. The van der Waals surface area contributed by atoms with E-state index in [1.165, 1.54) is 33.3 Å². The van der Waals surface area contributed by atoms with Crippen molar-refractivity contribution in [2.45, 2.75) is 110 Å². The van der Waals surface area contributed by atoms with Gasteiger partial charge in [0.1, 0.15) is 6.10 Å². The van der Waals surface area contributed by atoms with E-state index in [1.807, 2.05) is 0 Å². The van der Waals surface area contributed by atoms with Crippen LogP contribution in [0.1, 0.15) is 103 Å². The Morgan fingerprint density at radius 1 is 1.03 bits per heavy atom. The standard InChI is InChI=1S/C28H45NO5/c1-4-5-6-13-16-25(34-23(2)30)17-14-11-9-7-8-10-12-15-18-28(32)29-22-24-19-20-26(31)27(21-24)33-3/h11,14,19-21,25,31H,4-10,12-13,15-18,22H2,1-3H3,(H,29,32)/t25-/m1/s1. The summed E-state index contributed by atoms with van der Waals surface area (Å²) in [7, 11) is 1.51. The zero-order valence-corrected chi connectivity index (χ0v) is 21.4. The van der Waals surface area contributed by atoms with Gasteiger partial charge in [-0.2, -0.15) is 0 Å². The Morgan fingerprint density at radius 3 is 2.50 bits per heavy atom. The largest absolute Gasteiger partial charge is 0.504 e. The number of carbonyl (C=O) groups is 2. The van der Waals surface area contributed by atoms with E-state index < -0.39 is 0 Å². The average molecular weight is 476 g/mol. The number of phenolic OH excluding ortho intramolecular Hbond substituents is 1. The summed E-state index contributed by atoms with van der Waals surface area (Å²) < 4.78 is 10.5. The van der Waals surface area contributed by atoms with Gasteiger partial charge in [0.2, 0.25) is 5.91 Å². The van der Waals surface area contributed by atoms with Crippen LogP contribution in [0.15, 0.2) is 30.4 Å². The number of unbranched alkanes of at least 4 members (excludes halogenated alkanes) is 8. The lowest BCUT2D eigenvalue weighted by atomic mass is 10.1. The van der Waals surface area contributed by atoms with Gasteiger partial charge < -0.3 is 19.9 Å². The fraction of sp³-hybridized carbons (Fsp3) is 0.643. The number of aromatic hydroxyl groups is 1. The summed E-state index contributed by atoms with van der Waals surface area (Å²) in [5.74, 6) is 0.362. The lowest BCUT2D eigenvalue weighted by Gasteiger charge is -2.15. The van der Waals surface area contributed by atoms with Crippen molar-refractivity contribution >= 4 is 11.9 Å². The van der Waals surface area contributed by atoms with Crippen LogP contribution >= 0.6 is 0 Å². The van der Waals surface area contributed by atoms with E-state index in [2.05, 4.69) is 24.4 Å². The first-order valence-electron chi connectivity index (χ1n) is 12.9. The van der Waals surface area contributed by atoms with Crippen molar-refractivity contribution in [3.05, 3.63) is 35.9 Å². The van der Waals surface area contributed by atoms with Crippen LogP contribution in [0.2, 0.25) is 0 Å². The van der Waals surface area contributed by atoms with Gasteiger partial charge in [-0.15, -0.1) is 0 Å². The minimum Gasteiger partial charge on any atom is -0.504 e. The quantitative estimate of drug-likeness (QED) is 0.134. The maximum Gasteiger partial charge on any atom is 0.302 e. The van der Waals surface area contributed by atoms with Gasteiger partial charge >= 0.3 is 5.97 Å². The van der Waals surface area contributed by atoms with Crippen molar-refractivity contribution in [1.29, 1.82) is 0 Å². The summed E-state index contributed by atoms with van der Waals surface area (Å²) in [4.78, 5) is 23.3. The normalized spacial score (nSPS) is 12.0. The summed E-state index contributed by atoms with van der Waals surface area (Å²) in [6.07, 6.45) is 17.8. The number of methoxy groups -OCH3 is 1. The van der Waals surface area contributed by atoms with Crippen LogP contribution in [0.25, 0.3) is 0 Å². The van der Waals surface area contributed by atoms with E-state index in [-0.39, 0.29) is 23.7 Å². The first-order chi connectivity index (χ1) is 16.5. The molecule has 0 bridgehead atoms. The summed E-state index contributed by atoms with van der Waals surface area (Å²) >= 11 is 0. The molecule has 34 heavy (non-hydrogen) atoms. The summed E-state index contributed by atoms with van der Waals surface area (Å²) in [5.41, 5.74) is 0.895. The van der Waals surface area contributed by atoms with Crippen molar-refractivity contribution in [1.82, 2.24) is 5.32 Å². The second-order valence-corrected chi connectivity index (χ2v) is 8.88. The van der Waals surface area contributed by atoms with Crippen LogP contribution in [-0.4, -0.2) is 30.2 Å². The molecule has 1 aromatic rings. The van der Waals surface area contributed by atoms with Crippen LogP contribution in [0.3, 0.4) is 0 Å². The Morgan fingerprint density at radius 2 is 1.76 bits per heavy atom. The highest BCUT2D eigenvalue weighted by atomic mass is 16.5. The van der Waals surface area contributed by atoms with E-state index >= 15 is 0 Å². The lowest BCUT2D eigenvalue weighted by Crippen LogP contribution is -2.22. The lowest BCUT2D eigenvalue weighted by molar-refractivity contribution is -0.146. The predicted octanol–water partition coefficient (Wildman–Crippen LogP) is 6.60. The molecule has 0 unspecified atom stereocenters. The average Bonchev–Trinajstić information content (AvgIpc) is 2.81. The molecule has 192 valence electrons. The number of phenols is 1. The molecule has 0 aliphatic carbocycles. The van der Waals surface area contributed by atoms with E-state index in [9.17, 15) is 14.7 Å². The third-order valence-electron chi connectivity index (χ3n) is 5.79. The topological polar surface area (TPSA) is 84.9 Å². The molecule has 0 aliphatic rings. The molecule has 0 spiro atoms. The first kappa shape index (κ1) is 29.5. The van der Waals surface area contributed by atoms with Crippen molar-refractivity contribution in [3.8, 4) is 11.5 Å². The second-order valence-electron chi connectivity index (χ2n) is 8.88. The molecule has 1 rings (SSSR count). The molecule has 1 aromatic carbocycles. The van der Waals surface area contributed by atoms with Crippen LogP contribution in [0.5, 0.6) is 11.5 Å². The molecule has 0 aromatic heterocycles. The molecule has 0 radical (unpaired) electrons. The fourth-order valence-electron chi connectivity index (χ4n) is 3.82. The number of hydrogen-bond acceptors (Lipinski definition) is 5. The molecule has 2 N–H and O–H groups in total. The third-order valence-corrected chi connectivity index (χ3v) is 5.79. The molecule has 0 fully saturated rings. The van der Waals surface area contributed by atoms with Crippen LogP contribution in [-0.2, 0) is 20.9 Å². The SMILES string of the molecule is CCCCCC[C@H](CC=CCCCCCCCC(=O)NCc1ccc(O)c(OC)c1)OC(C)=O. The van der Waals surface area contributed by atoms with Crippen molar-refractivity contribution in [2.24, 2.45) is 0 Å². The summed E-state index contributed by atoms with van der Waals surface area (Å²) in [5, 5.41) is 12.5. The van der Waals surface area contributed by atoms with Gasteiger partial charge in [0.15, 0.2) is 11.5 Å². The molecule has 0 heterocycles. The van der Waals surface area contributed by atoms with Gasteiger partial charge in [-0.3, -0.25) is 9.59 Å². The Hall–Kier alpha value is -2.50. The van der Waals surface area contributed by atoms with E-state index in [0.29, 0.717) is 18.7 Å². The second kappa shape index (κ2) is 18.9. The highest BCUT2D eigenvalue weighted by molar-refractivity contribution is 5.75. The molecule has 1 amide bonds.